The predicted octanol–water partition coefficient (Wildman–Crippen LogP) is 2.92. The maximum Gasteiger partial charge on any atom is 0.259 e. The number of carbonyl (C=O) groups excluding carboxylic acids is 2. The molecule has 11 heteroatoms. The Morgan fingerprint density at radius 3 is 2.64 bits per heavy atom. The Balaban J connectivity index is 1.22. The molecule has 4 heterocycles. The second kappa shape index (κ2) is 10.9. The van der Waals surface area contributed by atoms with Crippen molar-refractivity contribution in [3.8, 4) is 11.3 Å². The molecule has 2 aliphatic rings. The molecule has 1 saturated heterocycles. The van der Waals surface area contributed by atoms with Gasteiger partial charge in [-0.25, -0.2) is 0 Å². The highest BCUT2D eigenvalue weighted by atomic mass is 16.2. The third-order valence-electron chi connectivity index (χ3n) is 7.49. The average Bonchev–Trinajstić information content (AvgIpc) is 3.55. The first kappa shape index (κ1) is 26.5. The van der Waals surface area contributed by atoms with Crippen LogP contribution in [0.25, 0.3) is 16.8 Å². The van der Waals surface area contributed by atoms with Crippen LogP contribution in [0.4, 0.5) is 5.69 Å². The minimum absolute atomic E-state index is 0.158. The lowest BCUT2D eigenvalue weighted by Crippen LogP contribution is -2.43. The number of aryl methyl sites for hydroxylation is 1. The van der Waals surface area contributed by atoms with Crippen molar-refractivity contribution in [2.45, 2.75) is 58.0 Å². The molecule has 0 unspecified atom stereocenters. The Labute approximate surface area is 227 Å². The van der Waals surface area contributed by atoms with Crippen molar-refractivity contribution < 1.29 is 9.59 Å². The summed E-state index contributed by atoms with van der Waals surface area (Å²) in [7, 11) is 0. The Kier molecular flexibility index (Phi) is 7.42. The van der Waals surface area contributed by atoms with Crippen LogP contribution in [-0.2, 0) is 4.79 Å². The normalized spacial score (nSPS) is 17.3. The molecule has 3 aromatic rings. The summed E-state index contributed by atoms with van der Waals surface area (Å²) < 4.78 is 1.95. The van der Waals surface area contributed by atoms with E-state index in [9.17, 15) is 9.59 Å². The van der Waals surface area contributed by atoms with E-state index in [2.05, 4.69) is 49.4 Å². The third kappa shape index (κ3) is 5.98. The maximum atomic E-state index is 13.1. The summed E-state index contributed by atoms with van der Waals surface area (Å²) in [5.74, 6) is -0.712. The number of hydrogen-bond donors (Lipinski definition) is 3. The Hall–Kier alpha value is -4.12. The van der Waals surface area contributed by atoms with Crippen molar-refractivity contribution in [2.75, 3.05) is 25.0 Å². The van der Waals surface area contributed by atoms with Gasteiger partial charge in [-0.3, -0.25) is 34.1 Å². The molecule has 1 aliphatic carbocycles. The van der Waals surface area contributed by atoms with Crippen LogP contribution < -0.4 is 16.4 Å². The van der Waals surface area contributed by atoms with Gasteiger partial charge in [0.2, 0.25) is 0 Å². The van der Waals surface area contributed by atoms with Crippen molar-refractivity contribution in [3.05, 3.63) is 60.2 Å². The summed E-state index contributed by atoms with van der Waals surface area (Å²) in [6.07, 6.45) is 14.2. The van der Waals surface area contributed by atoms with E-state index in [1.807, 2.05) is 10.9 Å². The molecular formula is C28H35N9O2. The molecule has 0 atom stereocenters. The summed E-state index contributed by atoms with van der Waals surface area (Å²) >= 11 is 0. The number of pyridine rings is 1. The molecule has 5 rings (SSSR count). The zero-order valence-corrected chi connectivity index (χ0v) is 22.6. The van der Waals surface area contributed by atoms with Gasteiger partial charge >= 0.3 is 0 Å². The molecule has 1 aliphatic heterocycles. The summed E-state index contributed by atoms with van der Waals surface area (Å²) in [4.78, 5) is 41.5. The standard InChI is InChI=1S/C28H35N9O2/c1-18-23(11-19(13-31-18)26(38)30-8-10-36-9-4-7-28(36,2)3)35-27(39)22(12-29)25-16-32-24(15-33-25)20-14-34-37(17-20)21-5-6-21/h11-17,21H,4-10,29H2,1-3H3,(H,30,38)(H,35,39)/b22-12+. The molecule has 3 aromatic heterocycles. The van der Waals surface area contributed by atoms with Crippen molar-refractivity contribution in [2.24, 2.45) is 5.73 Å². The topological polar surface area (TPSA) is 144 Å². The number of nitrogens with two attached hydrogens (primary N) is 1. The summed E-state index contributed by atoms with van der Waals surface area (Å²) in [5, 5.41) is 10.2. The number of nitrogens with zero attached hydrogens (tertiary/aromatic N) is 6. The third-order valence-corrected chi connectivity index (χ3v) is 7.49. The van der Waals surface area contributed by atoms with Gasteiger partial charge in [0.05, 0.1) is 58.5 Å². The first-order valence-electron chi connectivity index (χ1n) is 13.4. The predicted molar refractivity (Wildman–Crippen MR) is 149 cm³/mol. The molecule has 4 N–H and O–H groups in total. The lowest BCUT2D eigenvalue weighted by Gasteiger charge is -2.31. The largest absolute Gasteiger partial charge is 0.404 e. The van der Waals surface area contributed by atoms with Crippen LogP contribution in [-0.4, -0.2) is 66.6 Å². The number of likely N-dealkylation sites (tertiary alicyclic amines) is 1. The van der Waals surface area contributed by atoms with Crippen molar-refractivity contribution in [1.29, 1.82) is 0 Å². The van der Waals surface area contributed by atoms with Crippen LogP contribution in [0.1, 0.15) is 67.3 Å². The van der Waals surface area contributed by atoms with Crippen LogP contribution >= 0.6 is 0 Å². The van der Waals surface area contributed by atoms with E-state index in [1.54, 1.807) is 25.4 Å². The smallest absolute Gasteiger partial charge is 0.259 e. The van der Waals surface area contributed by atoms with Gasteiger partial charge in [0.1, 0.15) is 0 Å². The maximum absolute atomic E-state index is 13.1. The second-order valence-electron chi connectivity index (χ2n) is 10.8. The molecule has 39 heavy (non-hydrogen) atoms. The van der Waals surface area contributed by atoms with E-state index in [1.165, 1.54) is 25.0 Å². The number of aromatic nitrogens is 5. The van der Waals surface area contributed by atoms with Crippen LogP contribution in [0.2, 0.25) is 0 Å². The Morgan fingerprint density at radius 1 is 1.15 bits per heavy atom. The van der Waals surface area contributed by atoms with E-state index in [-0.39, 0.29) is 17.0 Å². The average molecular weight is 530 g/mol. The number of carbonyl (C=O) groups is 2. The van der Waals surface area contributed by atoms with Crippen LogP contribution in [0.3, 0.4) is 0 Å². The van der Waals surface area contributed by atoms with Gasteiger partial charge in [0.15, 0.2) is 0 Å². The molecule has 2 amide bonds. The highest BCUT2D eigenvalue weighted by Crippen LogP contribution is 2.35. The van der Waals surface area contributed by atoms with Crippen molar-refractivity contribution >= 4 is 23.1 Å². The van der Waals surface area contributed by atoms with E-state index in [0.29, 0.717) is 40.9 Å². The second-order valence-corrected chi connectivity index (χ2v) is 10.8. The number of amides is 2. The van der Waals surface area contributed by atoms with Crippen molar-refractivity contribution in [1.82, 2.24) is 34.9 Å². The molecule has 1 saturated carbocycles. The summed E-state index contributed by atoms with van der Waals surface area (Å²) in [6.45, 7) is 8.59. The van der Waals surface area contributed by atoms with E-state index in [4.69, 9.17) is 5.73 Å². The number of anilines is 1. The zero-order chi connectivity index (χ0) is 27.6. The highest BCUT2D eigenvalue weighted by Gasteiger charge is 2.31. The fraction of sp³-hybridized carbons (Fsp3) is 0.429. The number of rotatable bonds is 9. The van der Waals surface area contributed by atoms with E-state index >= 15 is 0 Å². The summed E-state index contributed by atoms with van der Waals surface area (Å²) in [5.41, 5.74) is 9.34. The van der Waals surface area contributed by atoms with Gasteiger partial charge < -0.3 is 16.4 Å². The molecule has 0 bridgehead atoms. The molecule has 2 fully saturated rings. The lowest BCUT2D eigenvalue weighted by molar-refractivity contribution is -0.111. The van der Waals surface area contributed by atoms with Crippen molar-refractivity contribution in [3.63, 3.8) is 0 Å². The Morgan fingerprint density at radius 2 is 1.97 bits per heavy atom. The fourth-order valence-electron chi connectivity index (χ4n) is 4.86. The quantitative estimate of drug-likeness (QED) is 0.359. The first-order valence-corrected chi connectivity index (χ1v) is 13.4. The molecular weight excluding hydrogens is 494 g/mol. The molecule has 0 spiro atoms. The van der Waals surface area contributed by atoms with Gasteiger partial charge in [-0.2, -0.15) is 5.10 Å². The SMILES string of the molecule is Cc1ncc(C(=O)NCCN2CCCC2(C)C)cc1NC(=O)/C(=C/N)c1cnc(-c2cnn(C3CC3)c2)cn1. The van der Waals surface area contributed by atoms with Crippen LogP contribution in [0, 0.1) is 6.92 Å². The number of hydrogen-bond acceptors (Lipinski definition) is 8. The van der Waals surface area contributed by atoms with Gasteiger partial charge in [-0.1, -0.05) is 0 Å². The van der Waals surface area contributed by atoms with Gasteiger partial charge in [-0.05, 0) is 59.1 Å². The first-order chi connectivity index (χ1) is 18.7. The monoisotopic (exact) mass is 529 g/mol. The minimum atomic E-state index is -0.472. The van der Waals surface area contributed by atoms with E-state index < -0.39 is 5.91 Å². The van der Waals surface area contributed by atoms with Crippen LogP contribution in [0.15, 0.2) is 43.3 Å². The van der Waals surface area contributed by atoms with Gasteiger partial charge in [-0.15, -0.1) is 0 Å². The zero-order valence-electron chi connectivity index (χ0n) is 22.6. The molecule has 0 aromatic carbocycles. The molecule has 11 nitrogen and oxygen atoms in total. The highest BCUT2D eigenvalue weighted by molar-refractivity contribution is 6.24. The fourth-order valence-corrected chi connectivity index (χ4v) is 4.86. The van der Waals surface area contributed by atoms with E-state index in [0.717, 1.165) is 37.9 Å². The van der Waals surface area contributed by atoms with Gasteiger partial charge in [0, 0.05) is 42.8 Å². The number of nitrogens with one attached hydrogen (secondary N) is 2. The molecule has 0 radical (unpaired) electrons. The van der Waals surface area contributed by atoms with Crippen LogP contribution in [0.5, 0.6) is 0 Å². The lowest BCUT2D eigenvalue weighted by atomic mass is 10.0. The summed E-state index contributed by atoms with van der Waals surface area (Å²) in [6, 6.07) is 2.10. The minimum Gasteiger partial charge on any atom is -0.404 e. The Bertz CT molecular complexity index is 1390. The molecule has 204 valence electrons. The van der Waals surface area contributed by atoms with Gasteiger partial charge in [0.25, 0.3) is 11.8 Å².